The van der Waals surface area contributed by atoms with E-state index in [1.807, 2.05) is 25.1 Å². The summed E-state index contributed by atoms with van der Waals surface area (Å²) in [7, 11) is 3.88. The van der Waals surface area contributed by atoms with Crippen molar-refractivity contribution in [2.24, 2.45) is 0 Å². The van der Waals surface area contributed by atoms with E-state index in [0.29, 0.717) is 24.3 Å². The van der Waals surface area contributed by atoms with Gasteiger partial charge < -0.3 is 15.1 Å². The molecule has 0 aromatic heterocycles. The normalized spacial score (nSPS) is 10.1. The number of hydrogen-bond acceptors (Lipinski definition) is 4. The lowest BCUT2D eigenvalue weighted by Gasteiger charge is -2.22. The maximum Gasteiger partial charge on any atom is 0.226 e. The van der Waals surface area contributed by atoms with Crippen LogP contribution in [0.4, 0.5) is 5.69 Å². The van der Waals surface area contributed by atoms with Crippen LogP contribution in [0.3, 0.4) is 0 Å². The lowest BCUT2D eigenvalue weighted by Crippen LogP contribution is -2.37. The van der Waals surface area contributed by atoms with Crippen LogP contribution in [0.15, 0.2) is 24.3 Å². The second kappa shape index (κ2) is 8.80. The first-order valence-electron chi connectivity index (χ1n) is 7.12. The number of amides is 2. The monoisotopic (exact) mass is 302 g/mol. The molecule has 6 nitrogen and oxygen atoms in total. The van der Waals surface area contributed by atoms with E-state index in [4.69, 9.17) is 5.26 Å². The molecule has 0 aliphatic heterocycles. The minimum atomic E-state index is -0.152. The number of likely N-dealkylation sites (N-methyl/N-ethyl adjacent to an activating group) is 1. The summed E-state index contributed by atoms with van der Waals surface area (Å²) in [4.78, 5) is 27.1. The Kier molecular flexibility index (Phi) is 7.06. The first kappa shape index (κ1) is 17.7. The summed E-state index contributed by atoms with van der Waals surface area (Å²) >= 11 is 0. The standard InChI is InChI=1S/C16H22N4O2/c1-13(21)20(11-10-19(2)3)9-8-16(22)18-15-6-4-14(12-17)5-7-15/h4-7H,8-11H2,1-3H3,(H,18,22). The van der Waals surface area contributed by atoms with Crippen molar-refractivity contribution >= 4 is 17.5 Å². The number of hydrogen-bond donors (Lipinski definition) is 1. The van der Waals surface area contributed by atoms with E-state index in [1.165, 1.54) is 6.92 Å². The molecule has 0 spiro atoms. The molecule has 0 atom stereocenters. The van der Waals surface area contributed by atoms with E-state index in [-0.39, 0.29) is 18.2 Å². The van der Waals surface area contributed by atoms with Crippen LogP contribution < -0.4 is 5.32 Å². The highest BCUT2D eigenvalue weighted by atomic mass is 16.2. The van der Waals surface area contributed by atoms with Crippen LogP contribution in [-0.2, 0) is 9.59 Å². The Labute approximate surface area is 131 Å². The lowest BCUT2D eigenvalue weighted by molar-refractivity contribution is -0.129. The summed E-state index contributed by atoms with van der Waals surface area (Å²) in [5.41, 5.74) is 1.19. The predicted octanol–water partition coefficient (Wildman–Crippen LogP) is 1.30. The van der Waals surface area contributed by atoms with Gasteiger partial charge in [-0.2, -0.15) is 5.26 Å². The molecule has 0 radical (unpaired) electrons. The van der Waals surface area contributed by atoms with Crippen molar-refractivity contribution in [3.63, 3.8) is 0 Å². The average molecular weight is 302 g/mol. The molecule has 1 rings (SSSR count). The van der Waals surface area contributed by atoms with Gasteiger partial charge in [0.15, 0.2) is 0 Å². The highest BCUT2D eigenvalue weighted by Gasteiger charge is 2.11. The highest BCUT2D eigenvalue weighted by molar-refractivity contribution is 5.91. The van der Waals surface area contributed by atoms with Gasteiger partial charge in [0.25, 0.3) is 0 Å². The quantitative estimate of drug-likeness (QED) is 0.823. The molecule has 1 N–H and O–H groups in total. The van der Waals surface area contributed by atoms with E-state index in [9.17, 15) is 9.59 Å². The van der Waals surface area contributed by atoms with Gasteiger partial charge in [-0.3, -0.25) is 9.59 Å². The number of nitriles is 1. The molecular weight excluding hydrogens is 280 g/mol. The van der Waals surface area contributed by atoms with Crippen molar-refractivity contribution in [1.29, 1.82) is 5.26 Å². The summed E-state index contributed by atoms with van der Waals surface area (Å²) in [6.45, 7) is 3.27. The zero-order chi connectivity index (χ0) is 16.5. The maximum absolute atomic E-state index is 11.9. The zero-order valence-corrected chi connectivity index (χ0v) is 13.3. The summed E-state index contributed by atoms with van der Waals surface area (Å²) < 4.78 is 0. The van der Waals surface area contributed by atoms with Gasteiger partial charge in [0.1, 0.15) is 0 Å². The van der Waals surface area contributed by atoms with Crippen LogP contribution in [0.25, 0.3) is 0 Å². The number of benzene rings is 1. The average Bonchev–Trinajstić information content (AvgIpc) is 2.47. The SMILES string of the molecule is CC(=O)N(CCC(=O)Nc1ccc(C#N)cc1)CCN(C)C. The smallest absolute Gasteiger partial charge is 0.226 e. The summed E-state index contributed by atoms with van der Waals surface area (Å²) in [5.74, 6) is -0.186. The van der Waals surface area contributed by atoms with Gasteiger partial charge in [-0.05, 0) is 38.4 Å². The van der Waals surface area contributed by atoms with Gasteiger partial charge in [-0.1, -0.05) is 0 Å². The van der Waals surface area contributed by atoms with Crippen molar-refractivity contribution in [1.82, 2.24) is 9.80 Å². The van der Waals surface area contributed by atoms with Gasteiger partial charge in [-0.15, -0.1) is 0 Å². The minimum Gasteiger partial charge on any atom is -0.341 e. The van der Waals surface area contributed by atoms with Crippen molar-refractivity contribution in [2.45, 2.75) is 13.3 Å². The first-order chi connectivity index (χ1) is 10.4. The number of nitrogens with zero attached hydrogens (tertiary/aromatic N) is 3. The fourth-order valence-electron chi connectivity index (χ4n) is 1.84. The molecule has 0 unspecified atom stereocenters. The number of carbonyl (C=O) groups excluding carboxylic acids is 2. The highest BCUT2D eigenvalue weighted by Crippen LogP contribution is 2.09. The largest absolute Gasteiger partial charge is 0.341 e. The number of anilines is 1. The number of rotatable bonds is 7. The summed E-state index contributed by atoms with van der Waals surface area (Å²) in [6.07, 6.45) is 0.243. The van der Waals surface area contributed by atoms with Gasteiger partial charge in [0.05, 0.1) is 11.6 Å². The minimum absolute atomic E-state index is 0.0342. The molecule has 0 saturated heterocycles. The van der Waals surface area contributed by atoms with E-state index < -0.39 is 0 Å². The number of nitrogens with one attached hydrogen (secondary N) is 1. The third-order valence-electron chi connectivity index (χ3n) is 3.17. The zero-order valence-electron chi connectivity index (χ0n) is 13.3. The molecule has 2 amide bonds. The number of carbonyl (C=O) groups is 2. The Bertz CT molecular complexity index is 546. The van der Waals surface area contributed by atoms with E-state index in [1.54, 1.807) is 29.2 Å². The fourth-order valence-corrected chi connectivity index (χ4v) is 1.84. The Hall–Kier alpha value is -2.39. The van der Waals surface area contributed by atoms with Gasteiger partial charge >= 0.3 is 0 Å². The van der Waals surface area contributed by atoms with Crippen LogP contribution in [-0.4, -0.2) is 55.3 Å². The van der Waals surface area contributed by atoms with Gasteiger partial charge in [0.2, 0.25) is 11.8 Å². The molecule has 0 heterocycles. The molecule has 22 heavy (non-hydrogen) atoms. The van der Waals surface area contributed by atoms with Crippen molar-refractivity contribution in [2.75, 3.05) is 39.0 Å². The van der Waals surface area contributed by atoms with Gasteiger partial charge in [0, 0.05) is 38.7 Å². The summed E-state index contributed by atoms with van der Waals surface area (Å²) in [6, 6.07) is 8.69. The van der Waals surface area contributed by atoms with Crippen molar-refractivity contribution < 1.29 is 9.59 Å². The third kappa shape index (κ3) is 6.37. The maximum atomic E-state index is 11.9. The Morgan fingerprint density at radius 2 is 1.77 bits per heavy atom. The third-order valence-corrected chi connectivity index (χ3v) is 3.17. The van der Waals surface area contributed by atoms with Crippen LogP contribution in [0.5, 0.6) is 0 Å². The van der Waals surface area contributed by atoms with Gasteiger partial charge in [-0.25, -0.2) is 0 Å². The molecule has 0 saturated carbocycles. The first-order valence-corrected chi connectivity index (χ1v) is 7.12. The van der Waals surface area contributed by atoms with Crippen LogP contribution >= 0.6 is 0 Å². The second-order valence-electron chi connectivity index (χ2n) is 5.30. The Morgan fingerprint density at radius 1 is 1.14 bits per heavy atom. The molecule has 0 fully saturated rings. The van der Waals surface area contributed by atoms with E-state index in [2.05, 4.69) is 5.32 Å². The molecular formula is C16H22N4O2. The van der Waals surface area contributed by atoms with E-state index in [0.717, 1.165) is 6.54 Å². The Morgan fingerprint density at radius 3 is 2.27 bits per heavy atom. The van der Waals surface area contributed by atoms with Crippen LogP contribution in [0, 0.1) is 11.3 Å². The molecule has 118 valence electrons. The Balaban J connectivity index is 2.45. The molecule has 1 aromatic carbocycles. The molecule has 1 aromatic rings. The van der Waals surface area contributed by atoms with Crippen LogP contribution in [0.2, 0.25) is 0 Å². The summed E-state index contributed by atoms with van der Waals surface area (Å²) in [5, 5.41) is 11.5. The predicted molar refractivity (Wildman–Crippen MR) is 85.2 cm³/mol. The molecule has 6 heteroatoms. The topological polar surface area (TPSA) is 76.4 Å². The van der Waals surface area contributed by atoms with Crippen LogP contribution in [0.1, 0.15) is 18.9 Å². The van der Waals surface area contributed by atoms with Crippen molar-refractivity contribution in [3.05, 3.63) is 29.8 Å². The molecule has 0 aliphatic carbocycles. The van der Waals surface area contributed by atoms with E-state index >= 15 is 0 Å². The van der Waals surface area contributed by atoms with Crippen molar-refractivity contribution in [3.8, 4) is 6.07 Å². The lowest BCUT2D eigenvalue weighted by atomic mass is 10.2. The molecule has 0 aliphatic rings. The molecule has 0 bridgehead atoms. The second-order valence-corrected chi connectivity index (χ2v) is 5.30. The fraction of sp³-hybridized carbons (Fsp3) is 0.438.